The van der Waals surface area contributed by atoms with Crippen molar-refractivity contribution in [3.63, 3.8) is 0 Å². The number of guanidine groups is 1. The van der Waals surface area contributed by atoms with E-state index in [0.717, 1.165) is 63.6 Å². The third-order valence-electron chi connectivity index (χ3n) is 6.40. The number of ether oxygens (including phenoxy) is 2. The molecule has 0 amide bonds. The monoisotopic (exact) mass is 416 g/mol. The predicted octanol–water partition coefficient (Wildman–Crippen LogP) is 3.55. The molecule has 2 heterocycles. The number of para-hydroxylation sites is 1. The molecule has 2 aliphatic heterocycles. The molecule has 2 fully saturated rings. The van der Waals surface area contributed by atoms with Crippen LogP contribution in [0.5, 0.6) is 5.75 Å². The molecule has 1 aromatic carbocycles. The number of aliphatic imine (C=N–C) groups is 1. The molecule has 2 saturated heterocycles. The molecule has 2 aliphatic rings. The standard InChI is InChI=1S/C24H40N4O2/c1-4-25-24(27(2)16-11-20-12-17-30-18-13-20)26-19-22(28-14-7-8-15-28)21-9-5-6-10-23(21)29-3/h5-6,9-10,20,22H,4,7-8,11-19H2,1-3H3,(H,25,26). The van der Waals surface area contributed by atoms with E-state index in [1.165, 1.54) is 37.7 Å². The first-order valence-electron chi connectivity index (χ1n) is 11.7. The Bertz CT molecular complexity index is 654. The van der Waals surface area contributed by atoms with Crippen LogP contribution in [0.3, 0.4) is 0 Å². The van der Waals surface area contributed by atoms with Crippen LogP contribution in [-0.2, 0) is 4.74 Å². The average molecular weight is 417 g/mol. The van der Waals surface area contributed by atoms with Crippen molar-refractivity contribution in [2.24, 2.45) is 10.9 Å². The summed E-state index contributed by atoms with van der Waals surface area (Å²) in [5.74, 6) is 2.74. The molecule has 6 heteroatoms. The van der Waals surface area contributed by atoms with Crippen LogP contribution < -0.4 is 10.1 Å². The third kappa shape index (κ3) is 6.35. The summed E-state index contributed by atoms with van der Waals surface area (Å²) in [6, 6.07) is 8.66. The number of hydrogen-bond donors (Lipinski definition) is 1. The summed E-state index contributed by atoms with van der Waals surface area (Å²) in [4.78, 5) is 9.94. The van der Waals surface area contributed by atoms with Gasteiger partial charge in [0.05, 0.1) is 19.7 Å². The first-order chi connectivity index (χ1) is 14.7. The van der Waals surface area contributed by atoms with Gasteiger partial charge in [0.25, 0.3) is 0 Å². The van der Waals surface area contributed by atoms with Gasteiger partial charge >= 0.3 is 0 Å². The van der Waals surface area contributed by atoms with Gasteiger partial charge in [0.2, 0.25) is 0 Å². The Balaban J connectivity index is 1.70. The highest BCUT2D eigenvalue weighted by atomic mass is 16.5. The van der Waals surface area contributed by atoms with Crippen molar-refractivity contribution in [1.29, 1.82) is 0 Å². The zero-order valence-corrected chi connectivity index (χ0v) is 19.1. The van der Waals surface area contributed by atoms with Crippen molar-refractivity contribution >= 4 is 5.96 Å². The molecule has 0 spiro atoms. The highest BCUT2D eigenvalue weighted by molar-refractivity contribution is 5.79. The number of nitrogens with one attached hydrogen (secondary N) is 1. The molecule has 0 aliphatic carbocycles. The number of rotatable bonds is 9. The zero-order valence-electron chi connectivity index (χ0n) is 19.1. The highest BCUT2D eigenvalue weighted by Crippen LogP contribution is 2.32. The molecule has 30 heavy (non-hydrogen) atoms. The van der Waals surface area contributed by atoms with E-state index >= 15 is 0 Å². The summed E-state index contributed by atoms with van der Waals surface area (Å²) >= 11 is 0. The van der Waals surface area contributed by atoms with Gasteiger partial charge in [-0.15, -0.1) is 0 Å². The molecule has 0 saturated carbocycles. The van der Waals surface area contributed by atoms with Gasteiger partial charge in [0, 0.05) is 38.9 Å². The van der Waals surface area contributed by atoms with E-state index in [1.54, 1.807) is 7.11 Å². The Morgan fingerprint density at radius 1 is 1.27 bits per heavy atom. The minimum atomic E-state index is 0.251. The van der Waals surface area contributed by atoms with E-state index in [4.69, 9.17) is 14.5 Å². The van der Waals surface area contributed by atoms with Crippen molar-refractivity contribution < 1.29 is 9.47 Å². The molecule has 1 unspecified atom stereocenters. The van der Waals surface area contributed by atoms with Crippen LogP contribution in [0.1, 0.15) is 50.6 Å². The summed E-state index contributed by atoms with van der Waals surface area (Å²) in [5, 5.41) is 3.50. The normalized spacial score (nSPS) is 19.6. The van der Waals surface area contributed by atoms with Gasteiger partial charge in [-0.05, 0) is 64.1 Å². The lowest BCUT2D eigenvalue weighted by Gasteiger charge is -2.30. The Morgan fingerprint density at radius 2 is 2.00 bits per heavy atom. The van der Waals surface area contributed by atoms with Crippen molar-refractivity contribution in [3.8, 4) is 5.75 Å². The summed E-state index contributed by atoms with van der Waals surface area (Å²) in [7, 11) is 3.92. The van der Waals surface area contributed by atoms with Crippen LogP contribution in [0.25, 0.3) is 0 Å². The molecule has 0 radical (unpaired) electrons. The van der Waals surface area contributed by atoms with Gasteiger partial charge < -0.3 is 19.7 Å². The van der Waals surface area contributed by atoms with E-state index in [2.05, 4.69) is 47.3 Å². The fourth-order valence-corrected chi connectivity index (χ4v) is 4.57. The maximum absolute atomic E-state index is 5.68. The Labute approximate surface area is 182 Å². The second-order valence-electron chi connectivity index (χ2n) is 8.46. The number of likely N-dealkylation sites (tertiary alicyclic amines) is 1. The Kier molecular flexibility index (Phi) is 9.27. The van der Waals surface area contributed by atoms with Crippen molar-refractivity contribution in [3.05, 3.63) is 29.8 Å². The van der Waals surface area contributed by atoms with Crippen molar-refractivity contribution in [2.75, 3.05) is 60.1 Å². The lowest BCUT2D eigenvalue weighted by Crippen LogP contribution is -2.41. The summed E-state index contributed by atoms with van der Waals surface area (Å²) in [6.45, 7) is 8.88. The van der Waals surface area contributed by atoms with E-state index in [1.807, 2.05) is 6.07 Å². The van der Waals surface area contributed by atoms with Crippen molar-refractivity contribution in [1.82, 2.24) is 15.1 Å². The predicted molar refractivity (Wildman–Crippen MR) is 123 cm³/mol. The van der Waals surface area contributed by atoms with Crippen LogP contribution in [0.2, 0.25) is 0 Å². The fraction of sp³-hybridized carbons (Fsp3) is 0.708. The van der Waals surface area contributed by atoms with E-state index in [-0.39, 0.29) is 6.04 Å². The molecular weight excluding hydrogens is 376 g/mol. The van der Waals surface area contributed by atoms with Gasteiger partial charge in [-0.2, -0.15) is 0 Å². The quantitative estimate of drug-likeness (QED) is 0.493. The van der Waals surface area contributed by atoms with E-state index < -0.39 is 0 Å². The molecule has 0 aromatic heterocycles. The smallest absolute Gasteiger partial charge is 0.193 e. The number of nitrogens with zero attached hydrogens (tertiary/aromatic N) is 3. The highest BCUT2D eigenvalue weighted by Gasteiger charge is 2.26. The topological polar surface area (TPSA) is 49.3 Å². The largest absolute Gasteiger partial charge is 0.496 e. The van der Waals surface area contributed by atoms with Gasteiger partial charge in [-0.1, -0.05) is 18.2 Å². The van der Waals surface area contributed by atoms with E-state index in [0.29, 0.717) is 0 Å². The molecule has 1 atom stereocenters. The first kappa shape index (κ1) is 22.9. The summed E-state index contributed by atoms with van der Waals surface area (Å²) in [5.41, 5.74) is 1.24. The average Bonchev–Trinajstić information content (AvgIpc) is 3.32. The zero-order chi connectivity index (χ0) is 21.2. The van der Waals surface area contributed by atoms with Crippen LogP contribution in [0, 0.1) is 5.92 Å². The van der Waals surface area contributed by atoms with Gasteiger partial charge in [-0.25, -0.2) is 0 Å². The molecule has 3 rings (SSSR count). The maximum atomic E-state index is 5.68. The minimum Gasteiger partial charge on any atom is -0.496 e. The second-order valence-corrected chi connectivity index (χ2v) is 8.46. The minimum absolute atomic E-state index is 0.251. The van der Waals surface area contributed by atoms with Crippen LogP contribution >= 0.6 is 0 Å². The number of hydrogen-bond acceptors (Lipinski definition) is 4. The van der Waals surface area contributed by atoms with Gasteiger partial charge in [0.1, 0.15) is 5.75 Å². The van der Waals surface area contributed by atoms with Gasteiger partial charge in [0.15, 0.2) is 5.96 Å². The number of methoxy groups -OCH3 is 1. The summed E-state index contributed by atoms with van der Waals surface area (Å²) in [6.07, 6.45) is 6.10. The summed E-state index contributed by atoms with van der Waals surface area (Å²) < 4.78 is 11.2. The molecule has 168 valence electrons. The fourth-order valence-electron chi connectivity index (χ4n) is 4.57. The third-order valence-corrected chi connectivity index (χ3v) is 6.40. The van der Waals surface area contributed by atoms with Crippen LogP contribution in [0.4, 0.5) is 0 Å². The molecule has 0 bridgehead atoms. The lowest BCUT2D eigenvalue weighted by atomic mass is 9.96. The van der Waals surface area contributed by atoms with Gasteiger partial charge in [-0.3, -0.25) is 9.89 Å². The lowest BCUT2D eigenvalue weighted by molar-refractivity contribution is 0.0625. The molecule has 6 nitrogen and oxygen atoms in total. The molecule has 1 N–H and O–H groups in total. The molecular formula is C24H40N4O2. The SMILES string of the molecule is CCNC(=NCC(c1ccccc1OC)N1CCCC1)N(C)CCC1CCOCC1. The Hall–Kier alpha value is -1.79. The van der Waals surface area contributed by atoms with Crippen LogP contribution in [0.15, 0.2) is 29.3 Å². The number of benzene rings is 1. The Morgan fingerprint density at radius 3 is 2.70 bits per heavy atom. The van der Waals surface area contributed by atoms with Crippen molar-refractivity contribution in [2.45, 2.75) is 45.1 Å². The maximum Gasteiger partial charge on any atom is 0.193 e. The second kappa shape index (κ2) is 12.2. The first-order valence-corrected chi connectivity index (χ1v) is 11.7. The molecule has 1 aromatic rings. The van der Waals surface area contributed by atoms with E-state index in [9.17, 15) is 0 Å². The van der Waals surface area contributed by atoms with Crippen LogP contribution in [-0.4, -0.2) is 75.9 Å².